The molecule has 92 valence electrons. The summed E-state index contributed by atoms with van der Waals surface area (Å²) in [7, 11) is 1.90. The van der Waals surface area contributed by atoms with Gasteiger partial charge in [0.15, 0.2) is 0 Å². The molecular weight excluding hydrogens is 200 g/mol. The third-order valence-corrected chi connectivity index (χ3v) is 3.95. The van der Waals surface area contributed by atoms with E-state index in [0.717, 1.165) is 31.8 Å². The normalized spacial score (nSPS) is 30.3. The van der Waals surface area contributed by atoms with E-state index in [2.05, 4.69) is 24.1 Å². The molecule has 1 saturated heterocycles. The molecule has 1 saturated carbocycles. The second kappa shape index (κ2) is 4.36. The van der Waals surface area contributed by atoms with Crippen LogP contribution in [0.25, 0.3) is 0 Å². The highest BCUT2D eigenvalue weighted by atomic mass is 16.2. The third kappa shape index (κ3) is 2.76. The molecule has 1 aliphatic carbocycles. The third-order valence-electron chi connectivity index (χ3n) is 3.95. The summed E-state index contributed by atoms with van der Waals surface area (Å²) >= 11 is 0. The van der Waals surface area contributed by atoms with E-state index < -0.39 is 0 Å². The van der Waals surface area contributed by atoms with E-state index in [9.17, 15) is 4.79 Å². The summed E-state index contributed by atoms with van der Waals surface area (Å²) in [6.45, 7) is 6.48. The summed E-state index contributed by atoms with van der Waals surface area (Å²) in [6, 6.07) is 0.0243. The van der Waals surface area contributed by atoms with E-state index in [1.807, 2.05) is 7.05 Å². The number of carbonyl (C=O) groups is 1. The molecule has 1 unspecified atom stereocenters. The highest BCUT2D eigenvalue weighted by Gasteiger charge is 2.36. The second-order valence-electron chi connectivity index (χ2n) is 6.19. The number of hydrogen-bond acceptors (Lipinski definition) is 2. The SMILES string of the molecule is CNC1CC(C)(C)CCN(CC2CC2)C1=O. The Labute approximate surface area is 98.6 Å². The van der Waals surface area contributed by atoms with E-state index >= 15 is 0 Å². The first kappa shape index (κ1) is 11.9. The minimum atomic E-state index is 0.0243. The molecular formula is C13H24N2O. The Balaban J connectivity index is 2.04. The Morgan fingerprint density at radius 1 is 1.44 bits per heavy atom. The van der Waals surface area contributed by atoms with Crippen LogP contribution in [0.5, 0.6) is 0 Å². The van der Waals surface area contributed by atoms with Crippen molar-refractivity contribution in [2.24, 2.45) is 11.3 Å². The van der Waals surface area contributed by atoms with Crippen molar-refractivity contribution in [3.63, 3.8) is 0 Å². The fraction of sp³-hybridized carbons (Fsp3) is 0.923. The first-order chi connectivity index (χ1) is 7.52. The van der Waals surface area contributed by atoms with Gasteiger partial charge in [0.1, 0.15) is 0 Å². The van der Waals surface area contributed by atoms with E-state index in [-0.39, 0.29) is 11.5 Å². The van der Waals surface area contributed by atoms with Gasteiger partial charge in [0.25, 0.3) is 0 Å². The van der Waals surface area contributed by atoms with Gasteiger partial charge in [-0.25, -0.2) is 0 Å². The van der Waals surface area contributed by atoms with Crippen molar-refractivity contribution in [1.82, 2.24) is 10.2 Å². The zero-order valence-electron chi connectivity index (χ0n) is 10.8. The number of nitrogens with zero attached hydrogens (tertiary/aromatic N) is 1. The topological polar surface area (TPSA) is 32.3 Å². The van der Waals surface area contributed by atoms with Gasteiger partial charge in [0.2, 0.25) is 5.91 Å². The van der Waals surface area contributed by atoms with Crippen molar-refractivity contribution in [3.05, 3.63) is 0 Å². The monoisotopic (exact) mass is 224 g/mol. The van der Waals surface area contributed by atoms with Crippen LogP contribution in [-0.2, 0) is 4.79 Å². The second-order valence-corrected chi connectivity index (χ2v) is 6.19. The van der Waals surface area contributed by atoms with Crippen molar-refractivity contribution < 1.29 is 4.79 Å². The van der Waals surface area contributed by atoms with Crippen molar-refractivity contribution in [3.8, 4) is 0 Å². The summed E-state index contributed by atoms with van der Waals surface area (Å²) in [6.07, 6.45) is 4.72. The Kier molecular flexibility index (Phi) is 3.24. The molecule has 1 aliphatic heterocycles. The lowest BCUT2D eigenvalue weighted by Crippen LogP contribution is -2.45. The highest BCUT2D eigenvalue weighted by molar-refractivity contribution is 5.82. The summed E-state index contributed by atoms with van der Waals surface area (Å²) in [5.41, 5.74) is 0.279. The summed E-state index contributed by atoms with van der Waals surface area (Å²) in [5, 5.41) is 3.18. The lowest BCUT2D eigenvalue weighted by molar-refractivity contribution is -0.133. The number of hydrogen-bond donors (Lipinski definition) is 1. The average molecular weight is 224 g/mol. The van der Waals surface area contributed by atoms with Crippen LogP contribution < -0.4 is 5.32 Å². The molecule has 1 atom stereocenters. The van der Waals surface area contributed by atoms with Gasteiger partial charge in [-0.1, -0.05) is 13.8 Å². The molecule has 0 aromatic carbocycles. The first-order valence-corrected chi connectivity index (χ1v) is 6.48. The number of likely N-dealkylation sites (tertiary alicyclic amines) is 1. The molecule has 3 heteroatoms. The minimum Gasteiger partial charge on any atom is -0.341 e. The van der Waals surface area contributed by atoms with E-state index in [0.29, 0.717) is 5.91 Å². The molecule has 1 N–H and O–H groups in total. The van der Waals surface area contributed by atoms with Crippen LogP contribution in [0.3, 0.4) is 0 Å². The average Bonchev–Trinajstić information content (AvgIpc) is 3.03. The molecule has 0 bridgehead atoms. The number of nitrogens with one attached hydrogen (secondary N) is 1. The summed E-state index contributed by atoms with van der Waals surface area (Å²) < 4.78 is 0. The van der Waals surface area contributed by atoms with Crippen LogP contribution >= 0.6 is 0 Å². The van der Waals surface area contributed by atoms with Crippen LogP contribution in [0.4, 0.5) is 0 Å². The maximum atomic E-state index is 12.3. The van der Waals surface area contributed by atoms with Gasteiger partial charge in [-0.2, -0.15) is 0 Å². The molecule has 1 heterocycles. The fourth-order valence-electron chi connectivity index (χ4n) is 2.53. The van der Waals surface area contributed by atoms with Crippen LogP contribution in [-0.4, -0.2) is 37.0 Å². The van der Waals surface area contributed by atoms with Crippen LogP contribution in [0.2, 0.25) is 0 Å². The maximum absolute atomic E-state index is 12.3. The molecule has 0 radical (unpaired) electrons. The lowest BCUT2D eigenvalue weighted by atomic mass is 9.83. The molecule has 16 heavy (non-hydrogen) atoms. The van der Waals surface area contributed by atoms with Crippen molar-refractivity contribution in [2.45, 2.75) is 45.6 Å². The van der Waals surface area contributed by atoms with Crippen LogP contribution in [0, 0.1) is 11.3 Å². The predicted octanol–water partition coefficient (Wildman–Crippen LogP) is 1.63. The van der Waals surface area contributed by atoms with Gasteiger partial charge in [0.05, 0.1) is 6.04 Å². The molecule has 3 nitrogen and oxygen atoms in total. The Hall–Kier alpha value is -0.570. The summed E-state index contributed by atoms with van der Waals surface area (Å²) in [4.78, 5) is 14.4. The van der Waals surface area contributed by atoms with E-state index in [4.69, 9.17) is 0 Å². The largest absolute Gasteiger partial charge is 0.341 e. The molecule has 2 aliphatic rings. The number of rotatable bonds is 3. The zero-order valence-corrected chi connectivity index (χ0v) is 10.8. The highest BCUT2D eigenvalue weighted by Crippen LogP contribution is 2.34. The Morgan fingerprint density at radius 2 is 2.12 bits per heavy atom. The molecule has 2 fully saturated rings. The predicted molar refractivity (Wildman–Crippen MR) is 65.2 cm³/mol. The van der Waals surface area contributed by atoms with Crippen molar-refractivity contribution in [2.75, 3.05) is 20.1 Å². The number of likely N-dealkylation sites (N-methyl/N-ethyl adjacent to an activating group) is 1. The lowest BCUT2D eigenvalue weighted by Gasteiger charge is -2.24. The number of amides is 1. The first-order valence-electron chi connectivity index (χ1n) is 6.48. The van der Waals surface area contributed by atoms with Crippen molar-refractivity contribution in [1.29, 1.82) is 0 Å². The fourth-order valence-corrected chi connectivity index (χ4v) is 2.53. The van der Waals surface area contributed by atoms with Gasteiger partial charge in [-0.05, 0) is 44.1 Å². The van der Waals surface area contributed by atoms with Gasteiger partial charge in [-0.15, -0.1) is 0 Å². The smallest absolute Gasteiger partial charge is 0.239 e. The Bertz CT molecular complexity index is 271. The molecule has 0 aromatic heterocycles. The molecule has 0 aromatic rings. The zero-order chi connectivity index (χ0) is 11.8. The number of carbonyl (C=O) groups excluding carboxylic acids is 1. The van der Waals surface area contributed by atoms with Crippen molar-refractivity contribution >= 4 is 5.91 Å². The molecule has 0 spiro atoms. The van der Waals surface area contributed by atoms with E-state index in [1.165, 1.54) is 12.8 Å². The maximum Gasteiger partial charge on any atom is 0.239 e. The van der Waals surface area contributed by atoms with E-state index in [1.54, 1.807) is 0 Å². The molecule has 1 amide bonds. The Morgan fingerprint density at radius 3 is 2.69 bits per heavy atom. The quantitative estimate of drug-likeness (QED) is 0.790. The summed E-state index contributed by atoms with van der Waals surface area (Å²) in [5.74, 6) is 1.11. The van der Waals surface area contributed by atoms with Crippen LogP contribution in [0.15, 0.2) is 0 Å². The molecule has 2 rings (SSSR count). The van der Waals surface area contributed by atoms with Gasteiger partial charge in [0, 0.05) is 13.1 Å². The standard InChI is InChI=1S/C13H24N2O/c1-13(2)6-7-15(9-10-4-5-10)12(16)11(8-13)14-3/h10-11,14H,4-9H2,1-3H3. The minimum absolute atomic E-state index is 0.0243. The van der Waals surface area contributed by atoms with Gasteiger partial charge < -0.3 is 10.2 Å². The van der Waals surface area contributed by atoms with Gasteiger partial charge >= 0.3 is 0 Å². The van der Waals surface area contributed by atoms with Crippen LogP contribution in [0.1, 0.15) is 39.5 Å². The van der Waals surface area contributed by atoms with Gasteiger partial charge in [-0.3, -0.25) is 4.79 Å².